The molecule has 0 aliphatic carbocycles. The van der Waals surface area contributed by atoms with Crippen LogP contribution in [0, 0.1) is 0 Å². The maximum atomic E-state index is 2.44. The first-order chi connectivity index (χ1) is 43.7. The van der Waals surface area contributed by atoms with Crippen LogP contribution in [-0.4, -0.2) is 4.57 Å². The zero-order valence-corrected chi connectivity index (χ0v) is 48.4. The highest BCUT2D eigenvalue weighted by molar-refractivity contribution is 6.21. The summed E-state index contributed by atoms with van der Waals surface area (Å²) < 4.78 is 2.44. The summed E-state index contributed by atoms with van der Waals surface area (Å²) in [6.07, 6.45) is 0. The van der Waals surface area contributed by atoms with E-state index in [1.165, 1.54) is 116 Å². The van der Waals surface area contributed by atoms with Crippen LogP contribution in [0.3, 0.4) is 0 Å². The minimum absolute atomic E-state index is 1.07. The smallest absolute Gasteiger partial charge is 0.0541 e. The van der Waals surface area contributed by atoms with Crippen LogP contribution in [-0.2, 0) is 0 Å². The molecule has 0 spiro atoms. The molecule has 1 heterocycles. The van der Waals surface area contributed by atoms with Crippen molar-refractivity contribution in [3.05, 3.63) is 352 Å². The highest BCUT2D eigenvalue weighted by atomic mass is 15.1. The summed E-state index contributed by atoms with van der Waals surface area (Å²) in [5.41, 5.74) is 25.9. The van der Waals surface area contributed by atoms with E-state index in [0.29, 0.717) is 0 Å². The second kappa shape index (κ2) is 22.4. The van der Waals surface area contributed by atoms with E-state index in [-0.39, 0.29) is 0 Å². The molecule has 0 N–H and O–H groups in total. The van der Waals surface area contributed by atoms with Crippen LogP contribution >= 0.6 is 0 Å². The number of rotatable bonds is 12. The summed E-state index contributed by atoms with van der Waals surface area (Å²) in [5, 5.41) is 7.39. The van der Waals surface area contributed by atoms with Gasteiger partial charge in [0, 0.05) is 33.5 Å². The summed E-state index contributed by atoms with van der Waals surface area (Å²) in [4.78, 5) is 2.35. The SMILES string of the molecule is c1ccc(-c2cccc(-c3c4ccccc4c(-c4ccc(-c5ccc(N(c6ccccc6)c6ccc(-n7c8ccc(-c9ccccc9-c9ccccc9)cc8c8cc(-c9ccccc9-c9ccccc9)ccc87)cc6)cc5)cc4)c4ccccc34)c2)cc1. The Kier molecular flexibility index (Phi) is 13.3. The Hall–Kier alpha value is -11.6. The molecule has 0 bridgehead atoms. The lowest BCUT2D eigenvalue weighted by Crippen LogP contribution is -2.10. The van der Waals surface area contributed by atoms with Crippen molar-refractivity contribution >= 4 is 60.4 Å². The number of fused-ring (bicyclic) bond motifs is 5. The lowest BCUT2D eigenvalue weighted by Gasteiger charge is -2.26. The maximum absolute atomic E-state index is 2.44. The number of benzene rings is 15. The highest BCUT2D eigenvalue weighted by Gasteiger charge is 2.21. The fraction of sp³-hybridized carbons (Fsp3) is 0. The number of hydrogen-bond donors (Lipinski definition) is 0. The number of para-hydroxylation sites is 1. The summed E-state index contributed by atoms with van der Waals surface area (Å²) in [5.74, 6) is 0. The highest BCUT2D eigenvalue weighted by Crippen LogP contribution is 2.46. The molecule has 1 aromatic heterocycles. The van der Waals surface area contributed by atoms with Gasteiger partial charge < -0.3 is 9.47 Å². The van der Waals surface area contributed by atoms with Gasteiger partial charge in [-0.1, -0.05) is 273 Å². The van der Waals surface area contributed by atoms with E-state index in [4.69, 9.17) is 0 Å². The third kappa shape index (κ3) is 9.41. The summed E-state index contributed by atoms with van der Waals surface area (Å²) >= 11 is 0. The molecule has 0 saturated carbocycles. The standard InChI is InChI=1S/C86H58N2/c1-5-22-59(23-6-1)65-28-21-29-68(56-65)86-79-38-19-17-36-77(79)85(78-37-18-20-39-80(78)86)64-42-40-60(41-43-64)61-44-48-70(49-45-61)87(69-30-11-4-12-31-69)71-50-52-72(53-51-71)88-83-54-46-66(75-34-15-13-32-73(75)62-24-7-2-8-25-62)57-81(83)82-58-67(47-55-84(82)88)76-35-16-14-33-74(76)63-26-9-3-10-27-63/h1-58H. The summed E-state index contributed by atoms with van der Waals surface area (Å²) in [6.45, 7) is 0. The van der Waals surface area contributed by atoms with Gasteiger partial charge in [-0.2, -0.15) is 0 Å². The molecule has 0 atom stereocenters. The molecule has 16 rings (SSSR count). The molecule has 0 aliphatic heterocycles. The summed E-state index contributed by atoms with van der Waals surface area (Å²) in [7, 11) is 0. The van der Waals surface area contributed by atoms with Crippen molar-refractivity contribution in [2.45, 2.75) is 0 Å². The second-order valence-electron chi connectivity index (χ2n) is 22.7. The molecule has 0 aliphatic rings. The Morgan fingerprint density at radius 2 is 0.500 bits per heavy atom. The molecular formula is C86H58N2. The first-order valence-corrected chi connectivity index (χ1v) is 30.3. The van der Waals surface area contributed by atoms with Crippen LogP contribution in [0.1, 0.15) is 0 Å². The van der Waals surface area contributed by atoms with E-state index in [1.54, 1.807) is 0 Å². The fourth-order valence-corrected chi connectivity index (χ4v) is 13.5. The molecule has 0 radical (unpaired) electrons. The lowest BCUT2D eigenvalue weighted by molar-refractivity contribution is 1.17. The van der Waals surface area contributed by atoms with Crippen molar-refractivity contribution in [3.63, 3.8) is 0 Å². The van der Waals surface area contributed by atoms with Gasteiger partial charge in [-0.3, -0.25) is 0 Å². The predicted octanol–water partition coefficient (Wildman–Crippen LogP) is 23.9. The van der Waals surface area contributed by atoms with E-state index in [1.807, 2.05) is 0 Å². The summed E-state index contributed by atoms with van der Waals surface area (Å²) in [6, 6.07) is 129. The van der Waals surface area contributed by atoms with Crippen molar-refractivity contribution in [2.75, 3.05) is 4.90 Å². The zero-order chi connectivity index (χ0) is 58.3. The van der Waals surface area contributed by atoms with Gasteiger partial charge in [-0.25, -0.2) is 0 Å². The van der Waals surface area contributed by atoms with E-state index in [2.05, 4.69) is 361 Å². The molecule has 0 saturated heterocycles. The third-order valence-electron chi connectivity index (χ3n) is 17.6. The first kappa shape index (κ1) is 52.0. The van der Waals surface area contributed by atoms with Crippen molar-refractivity contribution < 1.29 is 0 Å². The Morgan fingerprint density at radius 1 is 0.182 bits per heavy atom. The van der Waals surface area contributed by atoms with Crippen molar-refractivity contribution in [1.29, 1.82) is 0 Å². The molecule has 2 heteroatoms. The normalized spacial score (nSPS) is 11.4. The van der Waals surface area contributed by atoms with Gasteiger partial charge in [-0.05, 0) is 189 Å². The van der Waals surface area contributed by atoms with Gasteiger partial charge in [0.15, 0.2) is 0 Å². The molecule has 412 valence electrons. The molecular weight excluding hydrogens is 1060 g/mol. The topological polar surface area (TPSA) is 8.17 Å². The average molecular weight is 1120 g/mol. The third-order valence-corrected chi connectivity index (χ3v) is 17.6. The first-order valence-electron chi connectivity index (χ1n) is 30.3. The zero-order valence-electron chi connectivity index (χ0n) is 48.4. The minimum Gasteiger partial charge on any atom is -0.311 e. The Morgan fingerprint density at radius 3 is 0.977 bits per heavy atom. The molecule has 16 aromatic rings. The molecule has 88 heavy (non-hydrogen) atoms. The van der Waals surface area contributed by atoms with Crippen LogP contribution in [0.25, 0.3) is 138 Å². The number of nitrogens with zero attached hydrogens (tertiary/aromatic N) is 2. The van der Waals surface area contributed by atoms with Gasteiger partial charge in [0.05, 0.1) is 11.0 Å². The van der Waals surface area contributed by atoms with Gasteiger partial charge in [0.25, 0.3) is 0 Å². The van der Waals surface area contributed by atoms with E-state index >= 15 is 0 Å². The van der Waals surface area contributed by atoms with E-state index in [0.717, 1.165) is 39.3 Å². The largest absolute Gasteiger partial charge is 0.311 e. The Balaban J connectivity index is 0.749. The van der Waals surface area contributed by atoms with Gasteiger partial charge >= 0.3 is 0 Å². The maximum Gasteiger partial charge on any atom is 0.0541 e. The van der Waals surface area contributed by atoms with Crippen molar-refractivity contribution in [1.82, 2.24) is 4.57 Å². The molecule has 15 aromatic carbocycles. The van der Waals surface area contributed by atoms with E-state index < -0.39 is 0 Å². The van der Waals surface area contributed by atoms with Crippen LogP contribution in [0.15, 0.2) is 352 Å². The second-order valence-corrected chi connectivity index (χ2v) is 22.7. The molecule has 2 nitrogen and oxygen atoms in total. The van der Waals surface area contributed by atoms with Crippen molar-refractivity contribution in [2.24, 2.45) is 0 Å². The quantitative estimate of drug-likeness (QED) is 0.111. The number of anilines is 3. The van der Waals surface area contributed by atoms with E-state index in [9.17, 15) is 0 Å². The Labute approximate surface area is 513 Å². The predicted molar refractivity (Wildman–Crippen MR) is 374 cm³/mol. The van der Waals surface area contributed by atoms with Gasteiger partial charge in [0.1, 0.15) is 0 Å². The fourth-order valence-electron chi connectivity index (χ4n) is 13.5. The molecule has 0 unspecified atom stereocenters. The van der Waals surface area contributed by atoms with Crippen LogP contribution in [0.4, 0.5) is 17.1 Å². The van der Waals surface area contributed by atoms with Gasteiger partial charge in [0.2, 0.25) is 0 Å². The molecule has 0 amide bonds. The number of aromatic nitrogens is 1. The van der Waals surface area contributed by atoms with Gasteiger partial charge in [-0.15, -0.1) is 0 Å². The number of hydrogen-bond acceptors (Lipinski definition) is 1. The lowest BCUT2D eigenvalue weighted by atomic mass is 9.85. The van der Waals surface area contributed by atoms with Crippen LogP contribution < -0.4 is 4.90 Å². The van der Waals surface area contributed by atoms with Crippen LogP contribution in [0.2, 0.25) is 0 Å². The Bertz CT molecular complexity index is 5010. The van der Waals surface area contributed by atoms with Crippen LogP contribution in [0.5, 0.6) is 0 Å². The molecule has 0 fully saturated rings. The monoisotopic (exact) mass is 1120 g/mol. The average Bonchev–Trinajstić information content (AvgIpc) is 1.42. The minimum atomic E-state index is 1.07. The van der Waals surface area contributed by atoms with Crippen molar-refractivity contribution in [3.8, 4) is 94.7 Å².